The van der Waals surface area contributed by atoms with Gasteiger partial charge in [-0.1, -0.05) is 0 Å². The summed E-state index contributed by atoms with van der Waals surface area (Å²) < 4.78 is 4.98. The number of nitrogens with one attached hydrogen (secondary N) is 2. The minimum Gasteiger partial charge on any atom is -0.472 e. The number of rotatable bonds is 6. The summed E-state index contributed by atoms with van der Waals surface area (Å²) in [6.45, 7) is 1.86. The molecular formula is C11H15N3O. The maximum absolute atomic E-state index is 4.98. The highest BCUT2D eigenvalue weighted by Gasteiger charge is 1.95. The lowest BCUT2D eigenvalue weighted by molar-refractivity contribution is 0.559. The van der Waals surface area contributed by atoms with E-state index in [2.05, 4.69) is 15.3 Å². The van der Waals surface area contributed by atoms with Crippen molar-refractivity contribution in [2.45, 2.75) is 19.4 Å². The number of nitrogens with zero attached hydrogens (tertiary/aromatic N) is 1. The van der Waals surface area contributed by atoms with Crippen molar-refractivity contribution in [1.29, 1.82) is 0 Å². The van der Waals surface area contributed by atoms with E-state index in [-0.39, 0.29) is 0 Å². The van der Waals surface area contributed by atoms with Gasteiger partial charge < -0.3 is 14.7 Å². The van der Waals surface area contributed by atoms with Gasteiger partial charge in [0.1, 0.15) is 5.82 Å². The Hall–Kier alpha value is -1.55. The zero-order valence-electron chi connectivity index (χ0n) is 8.57. The molecule has 0 unspecified atom stereocenters. The fraction of sp³-hybridized carbons (Fsp3) is 0.364. The van der Waals surface area contributed by atoms with Crippen molar-refractivity contribution in [3.05, 3.63) is 42.4 Å². The molecule has 2 heterocycles. The zero-order valence-corrected chi connectivity index (χ0v) is 8.57. The predicted octanol–water partition coefficient (Wildman–Crippen LogP) is 1.73. The van der Waals surface area contributed by atoms with Gasteiger partial charge in [0.2, 0.25) is 0 Å². The van der Waals surface area contributed by atoms with E-state index < -0.39 is 0 Å². The molecule has 0 aliphatic carbocycles. The molecule has 2 rings (SSSR count). The quantitative estimate of drug-likeness (QED) is 0.706. The molecule has 0 saturated heterocycles. The van der Waals surface area contributed by atoms with Gasteiger partial charge in [0.25, 0.3) is 0 Å². The van der Waals surface area contributed by atoms with Crippen molar-refractivity contribution in [3.63, 3.8) is 0 Å². The van der Waals surface area contributed by atoms with Crippen LogP contribution in [0.3, 0.4) is 0 Å². The largest absolute Gasteiger partial charge is 0.472 e. The molecule has 4 nitrogen and oxygen atoms in total. The van der Waals surface area contributed by atoms with Crippen LogP contribution >= 0.6 is 0 Å². The van der Waals surface area contributed by atoms with Crippen molar-refractivity contribution >= 4 is 0 Å². The Morgan fingerprint density at radius 3 is 3.20 bits per heavy atom. The molecule has 0 spiro atoms. The molecule has 0 saturated carbocycles. The van der Waals surface area contributed by atoms with Gasteiger partial charge in [-0.25, -0.2) is 4.98 Å². The lowest BCUT2D eigenvalue weighted by Crippen LogP contribution is -2.15. The molecule has 0 fully saturated rings. The highest BCUT2D eigenvalue weighted by Crippen LogP contribution is 1.99. The van der Waals surface area contributed by atoms with Gasteiger partial charge in [-0.15, -0.1) is 0 Å². The number of aromatic amines is 1. The minimum absolute atomic E-state index is 0.870. The monoisotopic (exact) mass is 205 g/mol. The van der Waals surface area contributed by atoms with Gasteiger partial charge in [-0.05, 0) is 19.0 Å². The average molecular weight is 205 g/mol. The molecule has 2 aromatic heterocycles. The molecule has 0 amide bonds. The Kier molecular flexibility index (Phi) is 3.57. The first kappa shape index (κ1) is 9.98. The summed E-state index contributed by atoms with van der Waals surface area (Å²) in [5.74, 6) is 1.06. The van der Waals surface area contributed by atoms with E-state index in [1.54, 1.807) is 18.7 Å². The number of aromatic nitrogens is 2. The standard InChI is InChI=1S/C11H15N3O/c1(2-11-13-5-6-14-11)4-12-8-10-3-7-15-9-10/h3,5-7,9,12H,1-2,4,8H2,(H,13,14). The van der Waals surface area contributed by atoms with Crippen LogP contribution in [0.4, 0.5) is 0 Å². The first-order valence-corrected chi connectivity index (χ1v) is 5.15. The smallest absolute Gasteiger partial charge is 0.106 e. The Bertz CT molecular complexity index is 317. The maximum Gasteiger partial charge on any atom is 0.106 e. The van der Waals surface area contributed by atoms with E-state index >= 15 is 0 Å². The van der Waals surface area contributed by atoms with Crippen molar-refractivity contribution in [3.8, 4) is 0 Å². The van der Waals surface area contributed by atoms with E-state index in [0.717, 1.165) is 31.8 Å². The van der Waals surface area contributed by atoms with E-state index in [1.165, 1.54) is 5.56 Å². The number of imidazole rings is 1. The van der Waals surface area contributed by atoms with Crippen LogP contribution in [0.25, 0.3) is 0 Å². The number of H-pyrrole nitrogens is 1. The highest BCUT2D eigenvalue weighted by atomic mass is 16.3. The molecule has 0 bridgehead atoms. The molecule has 2 aromatic rings. The Morgan fingerprint density at radius 2 is 2.47 bits per heavy atom. The third kappa shape index (κ3) is 3.25. The van der Waals surface area contributed by atoms with Gasteiger partial charge in [0, 0.05) is 30.9 Å². The summed E-state index contributed by atoms with van der Waals surface area (Å²) in [4.78, 5) is 7.25. The second-order valence-corrected chi connectivity index (χ2v) is 3.45. The third-order valence-electron chi connectivity index (χ3n) is 2.23. The number of hydrogen-bond acceptors (Lipinski definition) is 3. The van der Waals surface area contributed by atoms with Crippen LogP contribution in [-0.2, 0) is 13.0 Å². The van der Waals surface area contributed by atoms with Crippen molar-refractivity contribution < 1.29 is 4.42 Å². The molecule has 0 aliphatic heterocycles. The zero-order chi connectivity index (χ0) is 10.3. The van der Waals surface area contributed by atoms with E-state index in [0.29, 0.717) is 0 Å². The van der Waals surface area contributed by atoms with Gasteiger partial charge in [0.05, 0.1) is 12.5 Å². The van der Waals surface area contributed by atoms with E-state index in [1.807, 2.05) is 12.3 Å². The first-order chi connectivity index (χ1) is 7.45. The van der Waals surface area contributed by atoms with Crippen LogP contribution in [0.15, 0.2) is 35.4 Å². The van der Waals surface area contributed by atoms with Crippen LogP contribution in [0, 0.1) is 0 Å². The molecule has 2 N–H and O–H groups in total. The summed E-state index contributed by atoms with van der Waals surface area (Å²) in [6, 6.07) is 1.97. The summed E-state index contributed by atoms with van der Waals surface area (Å²) >= 11 is 0. The molecule has 4 heteroatoms. The van der Waals surface area contributed by atoms with Crippen LogP contribution in [0.5, 0.6) is 0 Å². The normalized spacial score (nSPS) is 10.7. The second-order valence-electron chi connectivity index (χ2n) is 3.45. The molecule has 0 radical (unpaired) electrons. The Morgan fingerprint density at radius 1 is 1.47 bits per heavy atom. The predicted molar refractivity (Wildman–Crippen MR) is 57.3 cm³/mol. The highest BCUT2D eigenvalue weighted by molar-refractivity contribution is 5.04. The van der Waals surface area contributed by atoms with Gasteiger partial charge in [-0.2, -0.15) is 0 Å². The molecule has 80 valence electrons. The fourth-order valence-electron chi connectivity index (χ4n) is 1.44. The molecule has 15 heavy (non-hydrogen) atoms. The van der Waals surface area contributed by atoms with Crippen LogP contribution < -0.4 is 5.32 Å². The van der Waals surface area contributed by atoms with Gasteiger partial charge >= 0.3 is 0 Å². The second kappa shape index (κ2) is 5.36. The maximum atomic E-state index is 4.98. The molecule has 0 aliphatic rings. The summed E-state index contributed by atoms with van der Waals surface area (Å²) in [6.07, 6.45) is 9.18. The van der Waals surface area contributed by atoms with Crippen LogP contribution in [0.1, 0.15) is 17.8 Å². The van der Waals surface area contributed by atoms with Gasteiger partial charge in [-0.3, -0.25) is 0 Å². The number of hydrogen-bond donors (Lipinski definition) is 2. The Balaban J connectivity index is 1.56. The van der Waals surface area contributed by atoms with Gasteiger partial charge in [0.15, 0.2) is 0 Å². The first-order valence-electron chi connectivity index (χ1n) is 5.15. The molecular weight excluding hydrogens is 190 g/mol. The van der Waals surface area contributed by atoms with Crippen LogP contribution in [-0.4, -0.2) is 16.5 Å². The lowest BCUT2D eigenvalue weighted by Gasteiger charge is -2.01. The summed E-state index contributed by atoms with van der Waals surface area (Å²) in [5, 5.41) is 3.35. The number of furan rings is 1. The average Bonchev–Trinajstić information content (AvgIpc) is 2.88. The topological polar surface area (TPSA) is 53.9 Å². The van der Waals surface area contributed by atoms with Crippen molar-refractivity contribution in [1.82, 2.24) is 15.3 Å². The minimum atomic E-state index is 0.870. The summed E-state index contributed by atoms with van der Waals surface area (Å²) in [7, 11) is 0. The van der Waals surface area contributed by atoms with Crippen LogP contribution in [0.2, 0.25) is 0 Å². The molecule has 0 atom stereocenters. The number of aryl methyl sites for hydroxylation is 1. The summed E-state index contributed by atoms with van der Waals surface area (Å²) in [5.41, 5.74) is 1.19. The van der Waals surface area contributed by atoms with E-state index in [4.69, 9.17) is 4.42 Å². The van der Waals surface area contributed by atoms with E-state index in [9.17, 15) is 0 Å². The van der Waals surface area contributed by atoms with Crippen molar-refractivity contribution in [2.24, 2.45) is 0 Å². The van der Waals surface area contributed by atoms with Crippen molar-refractivity contribution in [2.75, 3.05) is 6.54 Å². The third-order valence-corrected chi connectivity index (χ3v) is 2.23. The molecule has 0 aromatic carbocycles. The fourth-order valence-corrected chi connectivity index (χ4v) is 1.44. The lowest BCUT2D eigenvalue weighted by atomic mass is 10.3. The Labute approximate surface area is 88.7 Å². The SMILES string of the molecule is c1c[nH]c(CCCNCc2ccoc2)n1.